The Hall–Kier alpha value is -2.30. The van der Waals surface area contributed by atoms with Gasteiger partial charge in [0.15, 0.2) is 0 Å². The lowest BCUT2D eigenvalue weighted by molar-refractivity contribution is 0.282. The van der Waals surface area contributed by atoms with Crippen LogP contribution in [-0.4, -0.2) is 16.3 Å². The second-order valence-corrected chi connectivity index (χ2v) is 8.02. The lowest BCUT2D eigenvalue weighted by atomic mass is 9.83. The number of ether oxygens (including phenoxy) is 1. The number of aliphatic hydroxyl groups excluding tert-OH is 1. The minimum atomic E-state index is 0.0931. The number of aromatic nitrogens is 1. The van der Waals surface area contributed by atoms with Crippen molar-refractivity contribution in [1.82, 2.24) is 4.98 Å². The summed E-state index contributed by atoms with van der Waals surface area (Å²) >= 11 is 3.53. The molecule has 0 bridgehead atoms. The maximum absolute atomic E-state index is 9.36. The van der Waals surface area contributed by atoms with E-state index < -0.39 is 0 Å². The maximum atomic E-state index is 9.36. The number of nitrogens with zero attached hydrogens (tertiary/aromatic N) is 1. The van der Waals surface area contributed by atoms with E-state index in [0.29, 0.717) is 12.5 Å². The van der Waals surface area contributed by atoms with Gasteiger partial charge in [-0.15, -0.1) is 0 Å². The van der Waals surface area contributed by atoms with Gasteiger partial charge in [0, 0.05) is 12.1 Å². The van der Waals surface area contributed by atoms with Crippen LogP contribution in [0.15, 0.2) is 72.9 Å². The van der Waals surface area contributed by atoms with Crippen molar-refractivity contribution < 1.29 is 9.84 Å². The molecule has 1 aromatic heterocycles. The Kier molecular flexibility index (Phi) is 9.44. The van der Waals surface area contributed by atoms with Crippen LogP contribution in [0.4, 0.5) is 0 Å². The van der Waals surface area contributed by atoms with Crippen LogP contribution in [-0.2, 0) is 13.2 Å². The second kappa shape index (κ2) is 12.5. The van der Waals surface area contributed by atoms with Gasteiger partial charge in [0.05, 0.1) is 12.3 Å². The number of hydrogen-bond acceptors (Lipinski definition) is 4. The molecule has 31 heavy (non-hydrogen) atoms. The predicted molar refractivity (Wildman–Crippen MR) is 131 cm³/mol. The van der Waals surface area contributed by atoms with E-state index in [1.54, 1.807) is 12.5 Å². The van der Waals surface area contributed by atoms with Crippen LogP contribution in [0.2, 0.25) is 0 Å². The molecule has 0 spiro atoms. The highest BCUT2D eigenvalue weighted by Crippen LogP contribution is 2.38. The Bertz CT molecular complexity index is 875. The van der Waals surface area contributed by atoms with Gasteiger partial charge < -0.3 is 9.84 Å². The van der Waals surface area contributed by atoms with Crippen LogP contribution < -0.4 is 4.74 Å². The molecule has 1 atom stereocenters. The van der Waals surface area contributed by atoms with E-state index in [2.05, 4.69) is 54.0 Å². The first-order valence-corrected chi connectivity index (χ1v) is 12.0. The van der Waals surface area contributed by atoms with E-state index in [1.807, 2.05) is 30.3 Å². The highest BCUT2D eigenvalue weighted by Gasteiger charge is 2.22. The van der Waals surface area contributed by atoms with Crippen molar-refractivity contribution in [2.75, 3.05) is 6.26 Å². The summed E-state index contributed by atoms with van der Waals surface area (Å²) in [6, 6.07) is 22.9. The fraction of sp³-hybridized carbons (Fsp3) is 0.370. The molecule has 0 radical (unpaired) electrons. The van der Waals surface area contributed by atoms with Crippen LogP contribution in [0.3, 0.4) is 0 Å². The molecule has 4 rings (SSSR count). The first-order valence-electron chi connectivity index (χ1n) is 11.1. The third-order valence-electron chi connectivity index (χ3n) is 6.00. The predicted octanol–water partition coefficient (Wildman–Crippen LogP) is 6.41. The minimum Gasteiger partial charge on any atom is -0.487 e. The third kappa shape index (κ3) is 6.84. The first kappa shape index (κ1) is 23.4. The Balaban J connectivity index is 0.00000132. The Morgan fingerprint density at radius 2 is 1.58 bits per heavy atom. The number of thiol groups is 1. The van der Waals surface area contributed by atoms with E-state index in [1.165, 1.54) is 43.2 Å². The van der Waals surface area contributed by atoms with Gasteiger partial charge in [-0.2, -0.15) is 12.6 Å². The van der Waals surface area contributed by atoms with Crippen LogP contribution >= 0.6 is 12.6 Å². The van der Waals surface area contributed by atoms with Gasteiger partial charge in [0.2, 0.25) is 0 Å². The number of benzene rings is 2. The highest BCUT2D eigenvalue weighted by atomic mass is 32.1. The quantitative estimate of drug-likeness (QED) is 0.402. The monoisotopic (exact) mass is 435 g/mol. The van der Waals surface area contributed by atoms with Crippen molar-refractivity contribution >= 4 is 12.6 Å². The van der Waals surface area contributed by atoms with Crippen molar-refractivity contribution in [2.24, 2.45) is 5.92 Å². The van der Waals surface area contributed by atoms with Gasteiger partial charge in [-0.1, -0.05) is 68.1 Å². The van der Waals surface area contributed by atoms with Crippen LogP contribution in [0, 0.1) is 5.92 Å². The normalized spacial score (nSPS) is 14.5. The van der Waals surface area contributed by atoms with Gasteiger partial charge in [0.1, 0.15) is 12.4 Å². The Morgan fingerprint density at radius 1 is 0.935 bits per heavy atom. The zero-order valence-corrected chi connectivity index (χ0v) is 19.2. The summed E-state index contributed by atoms with van der Waals surface area (Å²) in [5.41, 5.74) is 4.56. The van der Waals surface area contributed by atoms with Crippen molar-refractivity contribution in [2.45, 2.75) is 51.2 Å². The van der Waals surface area contributed by atoms with Crippen LogP contribution in [0.25, 0.3) is 0 Å². The van der Waals surface area contributed by atoms with E-state index in [9.17, 15) is 5.11 Å². The lowest BCUT2D eigenvalue weighted by Gasteiger charge is -2.22. The molecule has 0 saturated heterocycles. The van der Waals surface area contributed by atoms with Crippen LogP contribution in [0.5, 0.6) is 5.75 Å². The van der Waals surface area contributed by atoms with Crippen molar-refractivity contribution in [3.8, 4) is 5.75 Å². The summed E-state index contributed by atoms with van der Waals surface area (Å²) in [6.07, 6.45) is 10.1. The highest BCUT2D eigenvalue weighted by molar-refractivity contribution is 7.79. The average molecular weight is 436 g/mol. The number of aliphatic hydroxyl groups is 1. The molecule has 1 fully saturated rings. The smallest absolute Gasteiger partial charge is 0.130 e. The van der Waals surface area contributed by atoms with Crippen LogP contribution in [0.1, 0.15) is 60.4 Å². The Labute approximate surface area is 191 Å². The van der Waals surface area contributed by atoms with Crippen molar-refractivity contribution in [3.05, 3.63) is 95.3 Å². The van der Waals surface area contributed by atoms with Gasteiger partial charge in [-0.25, -0.2) is 0 Å². The fourth-order valence-corrected chi connectivity index (χ4v) is 4.34. The minimum absolute atomic E-state index is 0.0931. The lowest BCUT2D eigenvalue weighted by Crippen LogP contribution is -2.07. The van der Waals surface area contributed by atoms with Crippen molar-refractivity contribution in [3.63, 3.8) is 0 Å². The first-order chi connectivity index (χ1) is 15.3. The summed E-state index contributed by atoms with van der Waals surface area (Å²) in [7, 11) is 0. The van der Waals surface area contributed by atoms with E-state index in [0.717, 1.165) is 22.9 Å². The van der Waals surface area contributed by atoms with E-state index in [-0.39, 0.29) is 6.61 Å². The molecular formula is C27H33NO2S. The molecule has 0 aliphatic heterocycles. The summed E-state index contributed by atoms with van der Waals surface area (Å²) in [6.45, 7) is 0.574. The molecular weight excluding hydrogens is 402 g/mol. The third-order valence-corrected chi connectivity index (χ3v) is 6.00. The molecule has 0 amide bonds. The SMILES string of the molecule is CS.OCc1ccc(C(CC2CCCC2)c2ccc(OCc3ccccn3)cc2)cc1. The second-order valence-electron chi connectivity index (χ2n) is 8.02. The molecule has 1 unspecified atom stereocenters. The molecule has 1 aliphatic rings. The molecule has 1 N–H and O–H groups in total. The average Bonchev–Trinajstić information content (AvgIpc) is 3.37. The number of hydrogen-bond donors (Lipinski definition) is 2. The zero-order chi connectivity index (χ0) is 21.9. The zero-order valence-electron chi connectivity index (χ0n) is 18.3. The summed E-state index contributed by atoms with van der Waals surface area (Å²) in [4.78, 5) is 4.31. The molecule has 164 valence electrons. The topological polar surface area (TPSA) is 42.4 Å². The standard InChI is InChI=1S/C26H29NO2.CH4S/c28-18-21-8-10-22(11-9-21)26(17-20-5-1-2-6-20)23-12-14-25(15-13-23)29-19-24-7-3-4-16-27-24;1-2/h3-4,7-16,20,26,28H,1-2,5-6,17-19H2;2H,1H3. The van der Waals surface area contributed by atoms with Gasteiger partial charge in [0.25, 0.3) is 0 Å². The van der Waals surface area contributed by atoms with Gasteiger partial charge >= 0.3 is 0 Å². The largest absolute Gasteiger partial charge is 0.487 e. The van der Waals surface area contributed by atoms with Crippen molar-refractivity contribution in [1.29, 1.82) is 0 Å². The van der Waals surface area contributed by atoms with E-state index >= 15 is 0 Å². The molecule has 1 aliphatic carbocycles. The summed E-state index contributed by atoms with van der Waals surface area (Å²) in [5, 5.41) is 9.36. The maximum Gasteiger partial charge on any atom is 0.130 e. The summed E-state index contributed by atoms with van der Waals surface area (Å²) < 4.78 is 5.91. The Morgan fingerprint density at radius 3 is 2.16 bits per heavy atom. The van der Waals surface area contributed by atoms with Gasteiger partial charge in [-0.05, 0) is 59.6 Å². The molecule has 1 heterocycles. The van der Waals surface area contributed by atoms with Gasteiger partial charge in [-0.3, -0.25) is 4.98 Å². The summed E-state index contributed by atoms with van der Waals surface area (Å²) in [5.74, 6) is 2.06. The molecule has 3 aromatic rings. The molecule has 2 aromatic carbocycles. The molecule has 3 nitrogen and oxygen atoms in total. The van der Waals surface area contributed by atoms with E-state index in [4.69, 9.17) is 4.74 Å². The number of pyridine rings is 1. The molecule has 4 heteroatoms. The fourth-order valence-electron chi connectivity index (χ4n) is 4.34. The number of rotatable bonds is 8. The molecule has 1 saturated carbocycles.